The van der Waals surface area contributed by atoms with E-state index in [2.05, 4.69) is 43.5 Å². The van der Waals surface area contributed by atoms with Gasteiger partial charge in [0.2, 0.25) is 5.91 Å². The van der Waals surface area contributed by atoms with Crippen molar-refractivity contribution in [3.63, 3.8) is 0 Å². The van der Waals surface area contributed by atoms with E-state index in [9.17, 15) is 15.0 Å². The Kier molecular flexibility index (Phi) is 33.0. The summed E-state index contributed by atoms with van der Waals surface area (Å²) in [5.41, 5.74) is 0. The van der Waals surface area contributed by atoms with E-state index in [-0.39, 0.29) is 12.5 Å². The number of amides is 1. The zero-order chi connectivity index (χ0) is 30.8. The number of carbonyl (C=O) groups is 1. The lowest BCUT2D eigenvalue weighted by Crippen LogP contribution is -2.45. The molecule has 4 nitrogen and oxygen atoms in total. The number of hydrogen-bond donors (Lipinski definition) is 3. The molecule has 0 aromatic carbocycles. The Morgan fingerprint density at radius 2 is 0.929 bits per heavy atom. The first-order valence-corrected chi connectivity index (χ1v) is 18.2. The maximum absolute atomic E-state index is 12.3. The van der Waals surface area contributed by atoms with Crippen molar-refractivity contribution in [3.05, 3.63) is 36.5 Å². The average molecular weight is 590 g/mol. The van der Waals surface area contributed by atoms with Crippen LogP contribution in [0.25, 0.3) is 0 Å². The Bertz CT molecular complexity index is 642. The van der Waals surface area contributed by atoms with E-state index < -0.39 is 12.1 Å². The van der Waals surface area contributed by atoms with E-state index in [0.717, 1.165) is 32.1 Å². The highest BCUT2D eigenvalue weighted by Gasteiger charge is 2.17. The quantitative estimate of drug-likeness (QED) is 0.0540. The second-order valence-electron chi connectivity index (χ2n) is 12.3. The minimum absolute atomic E-state index is 0.0793. The van der Waals surface area contributed by atoms with Crippen LogP contribution in [0.3, 0.4) is 0 Å². The number of aliphatic hydroxyl groups excluding tert-OH is 2. The smallest absolute Gasteiger partial charge is 0.220 e. The van der Waals surface area contributed by atoms with Gasteiger partial charge in [-0.3, -0.25) is 4.79 Å². The standard InChI is InChI=1S/C38H71NO3/c1-3-5-7-9-11-13-15-16-17-18-19-20-21-22-24-26-28-30-32-34-38(42)39-36(35-40)37(41)33-31-29-27-25-23-14-12-10-8-6-4-2/h16-17,23,25,31,33,36-37,40-41H,3-15,18-22,24,26-30,32,34-35H2,1-2H3,(H,39,42)/b17-16-,25-23+,33-31+. The Hall–Kier alpha value is -1.39. The predicted molar refractivity (Wildman–Crippen MR) is 184 cm³/mol. The summed E-state index contributed by atoms with van der Waals surface area (Å²) < 4.78 is 0. The molecule has 246 valence electrons. The van der Waals surface area contributed by atoms with Crippen LogP contribution in [0.15, 0.2) is 36.5 Å². The van der Waals surface area contributed by atoms with Crippen LogP contribution in [0.1, 0.15) is 181 Å². The maximum Gasteiger partial charge on any atom is 0.220 e. The lowest BCUT2D eigenvalue weighted by molar-refractivity contribution is -0.123. The van der Waals surface area contributed by atoms with E-state index >= 15 is 0 Å². The Balaban J connectivity index is 3.63. The molecule has 2 atom stereocenters. The minimum Gasteiger partial charge on any atom is -0.394 e. The van der Waals surface area contributed by atoms with Gasteiger partial charge >= 0.3 is 0 Å². The number of hydrogen-bond acceptors (Lipinski definition) is 3. The maximum atomic E-state index is 12.3. The lowest BCUT2D eigenvalue weighted by Gasteiger charge is -2.19. The summed E-state index contributed by atoms with van der Waals surface area (Å²) in [5, 5.41) is 22.8. The van der Waals surface area contributed by atoms with Crippen molar-refractivity contribution in [3.8, 4) is 0 Å². The third-order valence-electron chi connectivity index (χ3n) is 8.10. The van der Waals surface area contributed by atoms with Crippen molar-refractivity contribution in [2.24, 2.45) is 0 Å². The van der Waals surface area contributed by atoms with Gasteiger partial charge in [0.25, 0.3) is 0 Å². The molecule has 0 aliphatic rings. The van der Waals surface area contributed by atoms with Crippen LogP contribution in [-0.2, 0) is 4.79 Å². The topological polar surface area (TPSA) is 69.6 Å². The van der Waals surface area contributed by atoms with E-state index in [1.165, 1.54) is 128 Å². The van der Waals surface area contributed by atoms with Crippen LogP contribution in [-0.4, -0.2) is 34.9 Å². The van der Waals surface area contributed by atoms with Crippen molar-refractivity contribution in [1.29, 1.82) is 0 Å². The Morgan fingerprint density at radius 1 is 0.548 bits per heavy atom. The summed E-state index contributed by atoms with van der Waals surface area (Å²) >= 11 is 0. The highest BCUT2D eigenvalue weighted by Crippen LogP contribution is 2.13. The van der Waals surface area contributed by atoms with Crippen LogP contribution >= 0.6 is 0 Å². The fourth-order valence-electron chi connectivity index (χ4n) is 5.25. The van der Waals surface area contributed by atoms with Crippen LogP contribution in [0.5, 0.6) is 0 Å². The van der Waals surface area contributed by atoms with Gasteiger partial charge in [0.15, 0.2) is 0 Å². The molecule has 0 saturated carbocycles. The highest BCUT2D eigenvalue weighted by atomic mass is 16.3. The molecule has 0 spiro atoms. The first-order valence-electron chi connectivity index (χ1n) is 18.2. The van der Waals surface area contributed by atoms with E-state index in [0.29, 0.717) is 6.42 Å². The van der Waals surface area contributed by atoms with Gasteiger partial charge in [-0.1, -0.05) is 153 Å². The molecule has 0 aromatic heterocycles. The van der Waals surface area contributed by atoms with Gasteiger partial charge in [0.1, 0.15) is 0 Å². The summed E-state index contributed by atoms with van der Waals surface area (Å²) in [7, 11) is 0. The number of carbonyl (C=O) groups excluding carboxylic acids is 1. The van der Waals surface area contributed by atoms with Crippen molar-refractivity contribution in [2.75, 3.05) is 6.61 Å². The fraction of sp³-hybridized carbons (Fsp3) is 0.816. The van der Waals surface area contributed by atoms with Crippen LogP contribution in [0.2, 0.25) is 0 Å². The van der Waals surface area contributed by atoms with Gasteiger partial charge in [0.05, 0.1) is 18.8 Å². The number of aliphatic hydroxyl groups is 2. The number of allylic oxidation sites excluding steroid dienone is 5. The molecule has 0 bridgehead atoms. The van der Waals surface area contributed by atoms with Crippen molar-refractivity contribution >= 4 is 5.91 Å². The van der Waals surface area contributed by atoms with Crippen molar-refractivity contribution in [1.82, 2.24) is 5.32 Å². The van der Waals surface area contributed by atoms with E-state index in [4.69, 9.17) is 0 Å². The number of nitrogens with one attached hydrogen (secondary N) is 1. The van der Waals surface area contributed by atoms with Crippen molar-refractivity contribution in [2.45, 2.75) is 193 Å². The zero-order valence-corrected chi connectivity index (χ0v) is 28.0. The highest BCUT2D eigenvalue weighted by molar-refractivity contribution is 5.76. The first kappa shape index (κ1) is 40.6. The van der Waals surface area contributed by atoms with E-state index in [1.54, 1.807) is 6.08 Å². The summed E-state index contributed by atoms with van der Waals surface area (Å²) in [6.07, 6.45) is 43.7. The largest absolute Gasteiger partial charge is 0.394 e. The third kappa shape index (κ3) is 30.1. The molecule has 0 fully saturated rings. The Morgan fingerprint density at radius 3 is 1.38 bits per heavy atom. The summed E-state index contributed by atoms with van der Waals surface area (Å²) in [6, 6.07) is -0.636. The molecule has 0 aliphatic heterocycles. The average Bonchev–Trinajstić information content (AvgIpc) is 2.99. The molecular weight excluding hydrogens is 518 g/mol. The SMILES string of the molecule is CCCCCCC/C=C/CC/C=C/C(O)C(CO)NC(=O)CCCCCCCCCCC/C=C\CCCCCCCC. The van der Waals surface area contributed by atoms with Gasteiger partial charge in [-0.15, -0.1) is 0 Å². The molecule has 2 unspecified atom stereocenters. The molecule has 42 heavy (non-hydrogen) atoms. The monoisotopic (exact) mass is 590 g/mol. The summed E-state index contributed by atoms with van der Waals surface area (Å²) in [4.78, 5) is 12.3. The van der Waals surface area contributed by atoms with Crippen molar-refractivity contribution < 1.29 is 15.0 Å². The molecule has 4 heteroatoms. The lowest BCUT2D eigenvalue weighted by atomic mass is 10.0. The van der Waals surface area contributed by atoms with Gasteiger partial charge < -0.3 is 15.5 Å². The molecule has 0 heterocycles. The van der Waals surface area contributed by atoms with Crippen LogP contribution in [0.4, 0.5) is 0 Å². The summed E-state index contributed by atoms with van der Waals surface area (Å²) in [5.74, 6) is -0.0793. The molecule has 3 N–H and O–H groups in total. The van der Waals surface area contributed by atoms with Gasteiger partial charge in [-0.25, -0.2) is 0 Å². The molecule has 0 aromatic rings. The predicted octanol–water partition coefficient (Wildman–Crippen LogP) is 10.7. The van der Waals surface area contributed by atoms with Gasteiger partial charge in [-0.05, 0) is 57.8 Å². The van der Waals surface area contributed by atoms with Gasteiger partial charge in [-0.2, -0.15) is 0 Å². The number of unbranched alkanes of at least 4 members (excludes halogenated alkanes) is 21. The zero-order valence-electron chi connectivity index (χ0n) is 28.0. The molecule has 0 radical (unpaired) electrons. The molecular formula is C38H71NO3. The third-order valence-corrected chi connectivity index (χ3v) is 8.10. The normalized spacial score (nSPS) is 13.5. The summed E-state index contributed by atoms with van der Waals surface area (Å²) in [6.45, 7) is 4.25. The molecule has 0 aliphatic carbocycles. The Labute approximate surface area is 261 Å². The van der Waals surface area contributed by atoms with Crippen LogP contribution < -0.4 is 5.32 Å². The van der Waals surface area contributed by atoms with E-state index in [1.807, 2.05) is 6.08 Å². The van der Waals surface area contributed by atoms with Crippen LogP contribution in [0, 0.1) is 0 Å². The molecule has 1 amide bonds. The second-order valence-corrected chi connectivity index (χ2v) is 12.3. The second kappa shape index (κ2) is 34.1. The first-order chi connectivity index (χ1) is 20.7. The fourth-order valence-corrected chi connectivity index (χ4v) is 5.25. The number of rotatable bonds is 32. The molecule has 0 saturated heterocycles. The minimum atomic E-state index is -0.859. The van der Waals surface area contributed by atoms with Gasteiger partial charge in [0, 0.05) is 6.42 Å². The molecule has 0 rings (SSSR count).